The van der Waals surface area contributed by atoms with Crippen LogP contribution in [0, 0.1) is 0 Å². The summed E-state index contributed by atoms with van der Waals surface area (Å²) in [5, 5.41) is 6.50. The van der Waals surface area contributed by atoms with Gasteiger partial charge in [-0.2, -0.15) is 0 Å². The van der Waals surface area contributed by atoms with E-state index < -0.39 is 0 Å². The van der Waals surface area contributed by atoms with Crippen molar-refractivity contribution in [3.05, 3.63) is 214 Å². The number of nitrogens with one attached hydrogen (secondary N) is 2. The standard InChI is InChI=1S/C11H15NO.C10H14N2O.C10H12O2.2C9H12.2C8H11N.C6H9NS.6CH4/c1-8(2)9-3-4-10-11(7-9)13-6-5-12-10;1-7(2)8-5-9-10(12-6-8)11-3-4-13-9;1-7(2)8-3-4-9-10(5-8)12-6-11-9;2*1-8(2)9-6-4-3-5-7-9;1-7(2)8-4-3-5-9-6-8;1-7(2)8-5-3-4-6-9-8;1-5(2)6-3-7-4-8-6;;;;;;/h3-4,7-8,12H,5-6H2,1-2H3;5-7H,3-4H2,1-2H3,(H,11,12);3-5,7H,6H2,1-2H3;2*3-8H,1-2H3;2*3-7H,1-2H3;3-5H,1-2H3;6*1H4. The molecule has 4 aromatic carbocycles. The van der Waals surface area contributed by atoms with Gasteiger partial charge in [0.05, 0.1) is 17.7 Å². The molecule has 0 fully saturated rings. The van der Waals surface area contributed by atoms with Crippen molar-refractivity contribution in [3.8, 4) is 23.0 Å². The summed E-state index contributed by atoms with van der Waals surface area (Å²) in [6.45, 7) is 38.4. The summed E-state index contributed by atoms with van der Waals surface area (Å²) in [4.78, 5) is 17.8. The second-order valence-electron chi connectivity index (χ2n) is 22.5. The first-order valence-corrected chi connectivity index (χ1v) is 30.3. The zero-order valence-corrected chi connectivity index (χ0v) is 53.0. The molecule has 3 aliphatic rings. The number of fused-ring (bicyclic) bond motifs is 3. The van der Waals surface area contributed by atoms with Crippen LogP contribution in [0.1, 0.15) is 247 Å². The van der Waals surface area contributed by atoms with Gasteiger partial charge in [0.1, 0.15) is 19.0 Å². The van der Waals surface area contributed by atoms with Gasteiger partial charge in [-0.15, -0.1) is 11.3 Å². The summed E-state index contributed by atoms with van der Waals surface area (Å²) in [5.74, 6) is 9.20. The van der Waals surface area contributed by atoms with E-state index >= 15 is 0 Å². The van der Waals surface area contributed by atoms with E-state index in [1.807, 2.05) is 78.8 Å². The van der Waals surface area contributed by atoms with Crippen LogP contribution < -0.4 is 29.6 Å². The average molecular weight is 1230 g/mol. The summed E-state index contributed by atoms with van der Waals surface area (Å²) in [6.07, 6.45) is 9.37. The molecule has 88 heavy (non-hydrogen) atoms. The Morgan fingerprint density at radius 2 is 0.852 bits per heavy atom. The summed E-state index contributed by atoms with van der Waals surface area (Å²) in [7, 11) is 0. The Kier molecular flexibility index (Phi) is 45.2. The molecule has 11 heteroatoms. The number of hydrogen-bond acceptors (Lipinski definition) is 11. The molecule has 8 aromatic rings. The van der Waals surface area contributed by atoms with Gasteiger partial charge in [0.25, 0.3) is 0 Å². The predicted octanol–water partition coefficient (Wildman–Crippen LogP) is 23.3. The molecule has 0 saturated heterocycles. The minimum Gasteiger partial charge on any atom is -0.490 e. The normalized spacial score (nSPS) is 11.3. The van der Waals surface area contributed by atoms with Crippen LogP contribution in [-0.4, -0.2) is 53.0 Å². The number of pyridine rings is 3. The predicted molar refractivity (Wildman–Crippen MR) is 388 cm³/mol. The molecule has 0 atom stereocenters. The molecule has 2 N–H and O–H groups in total. The first kappa shape index (κ1) is 85.0. The van der Waals surface area contributed by atoms with Crippen molar-refractivity contribution in [1.82, 2.24) is 19.9 Å². The second-order valence-corrected chi connectivity index (χ2v) is 23.5. The number of rotatable bonds is 8. The molecule has 11 rings (SSSR count). The number of aromatic nitrogens is 4. The Bertz CT molecular complexity index is 2680. The van der Waals surface area contributed by atoms with E-state index in [1.54, 1.807) is 17.5 Å². The quantitative estimate of drug-likeness (QED) is 0.153. The molecule has 0 spiro atoms. The van der Waals surface area contributed by atoms with Crippen LogP contribution in [0.25, 0.3) is 0 Å². The zero-order chi connectivity index (χ0) is 59.8. The number of ether oxygens (including phenoxy) is 4. The van der Waals surface area contributed by atoms with E-state index in [0.29, 0.717) is 54.1 Å². The van der Waals surface area contributed by atoms with E-state index in [0.717, 1.165) is 66.5 Å². The molecule has 0 unspecified atom stereocenters. The molecule has 0 radical (unpaired) electrons. The van der Waals surface area contributed by atoms with E-state index in [9.17, 15) is 0 Å². The maximum absolute atomic E-state index is 5.55. The van der Waals surface area contributed by atoms with Crippen LogP contribution in [-0.2, 0) is 0 Å². The van der Waals surface area contributed by atoms with Crippen LogP contribution in [0.3, 0.4) is 0 Å². The highest BCUT2D eigenvalue weighted by molar-refractivity contribution is 7.09. The Balaban J connectivity index is -0.000000935. The van der Waals surface area contributed by atoms with Gasteiger partial charge in [-0.05, 0) is 129 Å². The lowest BCUT2D eigenvalue weighted by Crippen LogP contribution is -2.19. The fraction of sp³-hybridized carbons (Fsp3) is 0.455. The Labute approximate surface area is 542 Å². The van der Waals surface area contributed by atoms with Gasteiger partial charge >= 0.3 is 0 Å². The van der Waals surface area contributed by atoms with Crippen molar-refractivity contribution in [2.75, 3.05) is 43.7 Å². The molecule has 0 aliphatic carbocycles. The lowest BCUT2D eigenvalue weighted by molar-refractivity contribution is 0.174. The van der Waals surface area contributed by atoms with E-state index in [2.05, 4.69) is 226 Å². The van der Waals surface area contributed by atoms with Crippen molar-refractivity contribution in [1.29, 1.82) is 0 Å². The highest BCUT2D eigenvalue weighted by Crippen LogP contribution is 2.35. The molecule has 7 heterocycles. The van der Waals surface area contributed by atoms with Crippen LogP contribution >= 0.6 is 11.3 Å². The van der Waals surface area contributed by atoms with Crippen LogP contribution in [0.2, 0.25) is 0 Å². The van der Waals surface area contributed by atoms with Gasteiger partial charge in [-0.25, -0.2) is 4.98 Å². The lowest BCUT2D eigenvalue weighted by Gasteiger charge is -2.20. The van der Waals surface area contributed by atoms with Gasteiger partial charge in [-0.1, -0.05) is 240 Å². The van der Waals surface area contributed by atoms with Gasteiger partial charge < -0.3 is 29.6 Å². The van der Waals surface area contributed by atoms with E-state index in [1.165, 1.54) is 38.3 Å². The largest absolute Gasteiger partial charge is 0.490 e. The number of hydrogen-bond donors (Lipinski definition) is 2. The minimum absolute atomic E-state index is 0. The van der Waals surface area contributed by atoms with Crippen molar-refractivity contribution in [2.24, 2.45) is 0 Å². The molecule has 0 saturated carbocycles. The summed E-state index contributed by atoms with van der Waals surface area (Å²) in [5.41, 5.74) is 12.1. The van der Waals surface area contributed by atoms with Crippen LogP contribution in [0.15, 0.2) is 170 Å². The van der Waals surface area contributed by atoms with Crippen molar-refractivity contribution < 1.29 is 18.9 Å². The Morgan fingerprint density at radius 1 is 0.364 bits per heavy atom. The second kappa shape index (κ2) is 46.9. The number of nitrogens with zero attached hydrogens (tertiary/aromatic N) is 4. The number of thiazole rings is 1. The third-order valence-corrected chi connectivity index (χ3v) is 14.3. The van der Waals surface area contributed by atoms with Gasteiger partial charge in [-0.3, -0.25) is 15.0 Å². The Hall–Kier alpha value is -7.24. The fourth-order valence-corrected chi connectivity index (χ4v) is 8.39. The van der Waals surface area contributed by atoms with E-state index in [-0.39, 0.29) is 44.6 Å². The molecule has 3 aliphatic heterocycles. The molecule has 0 amide bonds. The minimum atomic E-state index is 0. The highest BCUT2D eigenvalue weighted by atomic mass is 32.1. The third kappa shape index (κ3) is 31.6. The average Bonchev–Trinajstić information content (AvgIpc) is 4.42. The van der Waals surface area contributed by atoms with Gasteiger partial charge in [0, 0.05) is 48.1 Å². The fourth-order valence-electron chi connectivity index (χ4n) is 7.75. The van der Waals surface area contributed by atoms with Crippen molar-refractivity contribution in [2.45, 2.75) is 203 Å². The number of anilines is 2. The lowest BCUT2D eigenvalue weighted by atomic mass is 10.0. The molecule has 10 nitrogen and oxygen atoms in total. The third-order valence-electron chi connectivity index (χ3n) is 13.2. The molecular formula is C77H120N6O4S. The van der Waals surface area contributed by atoms with Crippen molar-refractivity contribution in [3.63, 3.8) is 0 Å². The highest BCUT2D eigenvalue weighted by Gasteiger charge is 2.15. The first-order valence-electron chi connectivity index (χ1n) is 29.4. The van der Waals surface area contributed by atoms with E-state index in [4.69, 9.17) is 18.9 Å². The maximum Gasteiger partial charge on any atom is 0.231 e. The summed E-state index contributed by atoms with van der Waals surface area (Å²) < 4.78 is 21.5. The maximum atomic E-state index is 5.55. The SMILES string of the molecule is C.C.C.C.C.C.CC(C)c1ccc2c(c1)OCCN2.CC(C)c1ccc2c(c1)OCO2.CC(C)c1ccccc1.CC(C)c1ccccc1.CC(C)c1ccccn1.CC(C)c1cccnc1.CC(C)c1cnc2c(c1)OCCN2.CC(C)c1cncs1. The molecular weight excluding hydrogens is 1100 g/mol. The molecule has 4 aromatic heterocycles. The van der Waals surface area contributed by atoms with Gasteiger partial charge in [0.15, 0.2) is 23.1 Å². The van der Waals surface area contributed by atoms with Crippen molar-refractivity contribution >= 4 is 22.8 Å². The Morgan fingerprint density at radius 3 is 1.28 bits per heavy atom. The molecule has 488 valence electrons. The van der Waals surface area contributed by atoms with Gasteiger partial charge in [0.2, 0.25) is 6.79 Å². The molecule has 0 bridgehead atoms. The smallest absolute Gasteiger partial charge is 0.231 e. The summed E-state index contributed by atoms with van der Waals surface area (Å²) in [6, 6.07) is 45.7. The monoisotopic (exact) mass is 1220 g/mol. The number of benzene rings is 4. The van der Waals surface area contributed by atoms with Crippen LogP contribution in [0.4, 0.5) is 11.5 Å². The van der Waals surface area contributed by atoms with Crippen LogP contribution in [0.5, 0.6) is 23.0 Å². The topological polar surface area (TPSA) is 113 Å². The first-order chi connectivity index (χ1) is 39.3. The zero-order valence-electron chi connectivity index (χ0n) is 52.2. The summed E-state index contributed by atoms with van der Waals surface area (Å²) >= 11 is 1.72.